The Balaban J connectivity index is 2.92. The van der Waals surface area contributed by atoms with E-state index in [1.807, 2.05) is 7.05 Å². The van der Waals surface area contributed by atoms with Crippen LogP contribution in [0.4, 0.5) is 0 Å². The molecule has 0 saturated heterocycles. The van der Waals surface area contributed by atoms with E-state index < -0.39 is 0 Å². The van der Waals surface area contributed by atoms with Crippen LogP contribution in [0, 0.1) is 0 Å². The Hall–Kier alpha value is -0.860. The highest BCUT2D eigenvalue weighted by atomic mass is 15.0. The Morgan fingerprint density at radius 3 is 2.47 bits per heavy atom. The van der Waals surface area contributed by atoms with Crippen LogP contribution in [0.5, 0.6) is 0 Å². The van der Waals surface area contributed by atoms with Crippen molar-refractivity contribution in [3.63, 3.8) is 0 Å². The van der Waals surface area contributed by atoms with E-state index >= 15 is 0 Å². The van der Waals surface area contributed by atoms with Gasteiger partial charge in [-0.1, -0.05) is 24.3 Å². The van der Waals surface area contributed by atoms with Crippen LogP contribution in [0.3, 0.4) is 0 Å². The third-order valence-corrected chi connectivity index (χ3v) is 2.77. The maximum atomic E-state index is 3.32. The van der Waals surface area contributed by atoms with Crippen LogP contribution in [0.2, 0.25) is 0 Å². The largest absolute Gasteiger partial charge is 0.311 e. The van der Waals surface area contributed by atoms with Gasteiger partial charge in [-0.25, -0.2) is 0 Å². The summed E-state index contributed by atoms with van der Waals surface area (Å²) in [6.07, 6.45) is 0. The van der Waals surface area contributed by atoms with Gasteiger partial charge in [0.2, 0.25) is 0 Å². The molecule has 15 heavy (non-hydrogen) atoms. The molecule has 0 saturated carbocycles. The number of hydrogen-bond acceptors (Lipinski definition) is 2. The monoisotopic (exact) mass is 206 g/mol. The molecular weight excluding hydrogens is 184 g/mol. The lowest BCUT2D eigenvalue weighted by molar-refractivity contribution is 0.400. The fourth-order valence-electron chi connectivity index (χ4n) is 1.57. The molecule has 0 aliphatic carbocycles. The quantitative estimate of drug-likeness (QED) is 0.812. The van der Waals surface area contributed by atoms with Crippen LogP contribution in [0.25, 0.3) is 0 Å². The van der Waals surface area contributed by atoms with Crippen molar-refractivity contribution in [3.05, 3.63) is 35.4 Å². The van der Waals surface area contributed by atoms with Crippen molar-refractivity contribution < 1.29 is 0 Å². The zero-order valence-corrected chi connectivity index (χ0v) is 10.5. The molecule has 1 aromatic rings. The first-order valence-electron chi connectivity index (χ1n) is 5.39. The van der Waals surface area contributed by atoms with Crippen LogP contribution >= 0.6 is 0 Å². The van der Waals surface area contributed by atoms with Gasteiger partial charge in [-0.2, -0.15) is 0 Å². The average Bonchev–Trinajstić information content (AvgIpc) is 2.17. The summed E-state index contributed by atoms with van der Waals surface area (Å²) in [4.78, 5) is 2.19. The first-order chi connectivity index (χ1) is 6.95. The van der Waals surface area contributed by atoms with Gasteiger partial charge in [0.1, 0.15) is 0 Å². The molecule has 0 aliphatic heterocycles. The molecular formula is C13H22N2. The summed E-state index contributed by atoms with van der Waals surface area (Å²) in [6.45, 7) is 5.39. The van der Waals surface area contributed by atoms with Gasteiger partial charge < -0.3 is 10.2 Å². The molecule has 0 aliphatic rings. The van der Waals surface area contributed by atoms with E-state index in [2.05, 4.69) is 62.4 Å². The topological polar surface area (TPSA) is 15.3 Å². The Bertz CT molecular complexity index is 316. The van der Waals surface area contributed by atoms with Crippen LogP contribution in [-0.2, 0) is 12.1 Å². The van der Waals surface area contributed by atoms with E-state index in [1.165, 1.54) is 11.1 Å². The second-order valence-electron chi connectivity index (χ2n) is 4.81. The number of nitrogens with one attached hydrogen (secondary N) is 1. The first-order valence-corrected chi connectivity index (χ1v) is 5.39. The van der Waals surface area contributed by atoms with Gasteiger partial charge in [0.15, 0.2) is 0 Å². The second kappa shape index (κ2) is 4.77. The Labute approximate surface area is 93.3 Å². The van der Waals surface area contributed by atoms with E-state index in [1.54, 1.807) is 0 Å². The second-order valence-corrected chi connectivity index (χ2v) is 4.81. The fourth-order valence-corrected chi connectivity index (χ4v) is 1.57. The molecule has 2 nitrogen and oxygen atoms in total. The van der Waals surface area contributed by atoms with Gasteiger partial charge in [0.25, 0.3) is 0 Å². The molecule has 0 heterocycles. The van der Waals surface area contributed by atoms with Crippen LogP contribution in [-0.4, -0.2) is 26.0 Å². The lowest BCUT2D eigenvalue weighted by atomic mass is 9.93. The van der Waals surface area contributed by atoms with Crippen LogP contribution in [0.15, 0.2) is 24.3 Å². The maximum absolute atomic E-state index is 3.32. The lowest BCUT2D eigenvalue weighted by Gasteiger charge is -2.25. The molecule has 0 radical (unpaired) electrons. The molecule has 0 atom stereocenters. The molecule has 1 rings (SSSR count). The minimum Gasteiger partial charge on any atom is -0.311 e. The first kappa shape index (κ1) is 12.2. The molecule has 0 spiro atoms. The molecule has 2 heteroatoms. The smallest absolute Gasteiger partial charge is 0.0375 e. The van der Waals surface area contributed by atoms with E-state index in [-0.39, 0.29) is 5.54 Å². The van der Waals surface area contributed by atoms with Crippen molar-refractivity contribution >= 4 is 0 Å². The third-order valence-electron chi connectivity index (χ3n) is 2.77. The highest BCUT2D eigenvalue weighted by molar-refractivity contribution is 5.28. The van der Waals surface area contributed by atoms with Crippen LogP contribution < -0.4 is 5.32 Å². The molecule has 1 aromatic carbocycles. The predicted molar refractivity (Wildman–Crippen MR) is 65.9 cm³/mol. The van der Waals surface area contributed by atoms with Crippen molar-refractivity contribution in [3.8, 4) is 0 Å². The van der Waals surface area contributed by atoms with E-state index in [4.69, 9.17) is 0 Å². The normalized spacial score (nSPS) is 12.1. The molecule has 0 amide bonds. The highest BCUT2D eigenvalue weighted by Crippen LogP contribution is 2.20. The van der Waals surface area contributed by atoms with Crippen molar-refractivity contribution in [2.75, 3.05) is 21.1 Å². The van der Waals surface area contributed by atoms with E-state index in [0.717, 1.165) is 6.54 Å². The number of rotatable bonds is 4. The number of hydrogen-bond donors (Lipinski definition) is 1. The van der Waals surface area contributed by atoms with Gasteiger partial charge in [0, 0.05) is 12.1 Å². The number of benzene rings is 1. The Morgan fingerprint density at radius 1 is 1.27 bits per heavy atom. The number of nitrogens with zero attached hydrogens (tertiary/aromatic N) is 1. The summed E-state index contributed by atoms with van der Waals surface area (Å²) >= 11 is 0. The fraction of sp³-hybridized carbons (Fsp3) is 0.538. The van der Waals surface area contributed by atoms with Crippen molar-refractivity contribution in [2.45, 2.75) is 25.9 Å². The SMILES string of the molecule is CNC(C)(C)c1cccc(CN(C)C)c1. The van der Waals surface area contributed by atoms with Crippen molar-refractivity contribution in [2.24, 2.45) is 0 Å². The molecule has 84 valence electrons. The molecule has 0 bridgehead atoms. The Morgan fingerprint density at radius 2 is 1.93 bits per heavy atom. The van der Waals surface area contributed by atoms with E-state index in [9.17, 15) is 0 Å². The molecule has 0 aromatic heterocycles. The minimum absolute atomic E-state index is 0.0440. The standard InChI is InChI=1S/C13H22N2/c1-13(2,14-3)12-8-6-7-11(9-12)10-15(4)5/h6-9,14H,10H2,1-5H3. The Kier molecular flexibility index (Phi) is 3.89. The van der Waals surface area contributed by atoms with Gasteiger partial charge in [-0.3, -0.25) is 0 Å². The van der Waals surface area contributed by atoms with Gasteiger partial charge in [0.05, 0.1) is 0 Å². The maximum Gasteiger partial charge on any atom is 0.0375 e. The highest BCUT2D eigenvalue weighted by Gasteiger charge is 2.17. The minimum atomic E-state index is 0.0440. The zero-order chi connectivity index (χ0) is 11.5. The summed E-state index contributed by atoms with van der Waals surface area (Å²) in [5.74, 6) is 0. The molecule has 0 fully saturated rings. The van der Waals surface area contributed by atoms with Crippen LogP contribution in [0.1, 0.15) is 25.0 Å². The van der Waals surface area contributed by atoms with Crippen molar-refractivity contribution in [1.29, 1.82) is 0 Å². The van der Waals surface area contributed by atoms with Gasteiger partial charge >= 0.3 is 0 Å². The third kappa shape index (κ3) is 3.33. The van der Waals surface area contributed by atoms with E-state index in [0.29, 0.717) is 0 Å². The zero-order valence-electron chi connectivity index (χ0n) is 10.5. The van der Waals surface area contributed by atoms with Gasteiger partial charge in [-0.05, 0) is 46.1 Å². The summed E-state index contributed by atoms with van der Waals surface area (Å²) in [7, 11) is 6.18. The average molecular weight is 206 g/mol. The summed E-state index contributed by atoms with van der Waals surface area (Å²) in [5.41, 5.74) is 2.74. The molecule has 0 unspecified atom stereocenters. The predicted octanol–water partition coefficient (Wildman–Crippen LogP) is 2.20. The molecule has 1 N–H and O–H groups in total. The summed E-state index contributed by atoms with van der Waals surface area (Å²) in [6, 6.07) is 8.76. The summed E-state index contributed by atoms with van der Waals surface area (Å²) < 4.78 is 0. The van der Waals surface area contributed by atoms with Crippen molar-refractivity contribution in [1.82, 2.24) is 10.2 Å². The lowest BCUT2D eigenvalue weighted by Crippen LogP contribution is -2.33. The van der Waals surface area contributed by atoms with Gasteiger partial charge in [-0.15, -0.1) is 0 Å². The summed E-state index contributed by atoms with van der Waals surface area (Å²) in [5, 5.41) is 3.32.